The van der Waals surface area contributed by atoms with Gasteiger partial charge in [-0.1, -0.05) is 19.1 Å². The summed E-state index contributed by atoms with van der Waals surface area (Å²) in [6.45, 7) is 6.14. The topological polar surface area (TPSA) is 107 Å². The summed E-state index contributed by atoms with van der Waals surface area (Å²) in [4.78, 5) is 12.7. The molecule has 0 aliphatic heterocycles. The van der Waals surface area contributed by atoms with Gasteiger partial charge in [0.2, 0.25) is 10.0 Å². The number of carbonyl (C=O) groups is 1. The fourth-order valence-corrected chi connectivity index (χ4v) is 7.55. The summed E-state index contributed by atoms with van der Waals surface area (Å²) in [5.41, 5.74) is 1.51. The number of hydrogen-bond acceptors (Lipinski definition) is 5. The van der Waals surface area contributed by atoms with Crippen LogP contribution in [0, 0.1) is 17.3 Å². The molecule has 2 aromatic rings. The van der Waals surface area contributed by atoms with Gasteiger partial charge in [0.15, 0.2) is 0 Å². The van der Waals surface area contributed by atoms with Crippen LogP contribution in [0.25, 0.3) is 0 Å². The average Bonchev–Trinajstić information content (AvgIpc) is 3.08. The Morgan fingerprint density at radius 3 is 2.57 bits per heavy atom. The Labute approximate surface area is 205 Å². The molecule has 2 aromatic carbocycles. The van der Waals surface area contributed by atoms with Crippen LogP contribution < -0.4 is 5.14 Å². The Morgan fingerprint density at radius 2 is 1.91 bits per heavy atom. The Morgan fingerprint density at radius 1 is 1.20 bits per heavy atom. The third-order valence-corrected chi connectivity index (χ3v) is 9.80. The van der Waals surface area contributed by atoms with E-state index in [0.717, 1.165) is 30.4 Å². The van der Waals surface area contributed by atoms with Crippen LogP contribution in [0.2, 0.25) is 0 Å². The number of halogens is 1. The molecule has 0 bridgehead atoms. The summed E-state index contributed by atoms with van der Waals surface area (Å²) < 4.78 is 44.5. The fraction of sp³-hybridized carbons (Fsp3) is 0.444. The van der Waals surface area contributed by atoms with E-state index >= 15 is 4.39 Å². The predicted molar refractivity (Wildman–Crippen MR) is 129 cm³/mol. The largest absolute Gasteiger partial charge is 0.508 e. The van der Waals surface area contributed by atoms with Crippen molar-refractivity contribution in [3.63, 3.8) is 0 Å². The van der Waals surface area contributed by atoms with Gasteiger partial charge < -0.3 is 9.84 Å². The van der Waals surface area contributed by atoms with E-state index in [1.54, 1.807) is 6.07 Å². The second-order valence-electron chi connectivity index (χ2n) is 10.5. The van der Waals surface area contributed by atoms with Crippen molar-refractivity contribution in [2.45, 2.75) is 61.6 Å². The molecule has 3 N–H and O–H groups in total. The van der Waals surface area contributed by atoms with Crippen molar-refractivity contribution in [2.75, 3.05) is 0 Å². The molecule has 186 valence electrons. The summed E-state index contributed by atoms with van der Waals surface area (Å²) in [5, 5.41) is 15.1. The van der Waals surface area contributed by atoms with E-state index in [0.29, 0.717) is 12.8 Å². The SMILES string of the molecule is C=C[C@]12CC[C@@]3(C)C(C[C@@H](OC(=O)c4ccc(S(N)(=O)=O)cc4)[C@@H]3F)C1CCc1cc(O)ccc12. The number of allylic oxidation sites excluding steroid dienone is 1. The van der Waals surface area contributed by atoms with Crippen LogP contribution in [-0.4, -0.2) is 31.8 Å². The number of phenolic OH excluding ortho intramolecular Hbond substituents is 1. The summed E-state index contributed by atoms with van der Waals surface area (Å²) in [5.74, 6) is -0.267. The van der Waals surface area contributed by atoms with Crippen LogP contribution >= 0.6 is 0 Å². The molecule has 0 amide bonds. The predicted octanol–water partition coefficient (Wildman–Crippen LogP) is 4.41. The smallest absolute Gasteiger partial charge is 0.338 e. The third kappa shape index (κ3) is 3.69. The summed E-state index contributed by atoms with van der Waals surface area (Å²) in [6.07, 6.45) is 3.29. The van der Waals surface area contributed by atoms with Crippen LogP contribution in [-0.2, 0) is 26.6 Å². The van der Waals surface area contributed by atoms with Crippen molar-refractivity contribution in [3.8, 4) is 5.75 Å². The van der Waals surface area contributed by atoms with Gasteiger partial charge in [0, 0.05) is 10.8 Å². The normalized spacial score (nSPS) is 33.8. The molecule has 2 unspecified atom stereocenters. The molecule has 3 aliphatic rings. The van der Waals surface area contributed by atoms with Crippen LogP contribution in [0.5, 0.6) is 5.75 Å². The maximum Gasteiger partial charge on any atom is 0.338 e. The number of carbonyl (C=O) groups excluding carboxylic acids is 1. The van der Waals surface area contributed by atoms with E-state index in [1.165, 1.54) is 24.3 Å². The molecule has 2 fully saturated rings. The maximum atomic E-state index is 15.9. The number of rotatable bonds is 4. The highest BCUT2D eigenvalue weighted by Crippen LogP contribution is 2.64. The zero-order valence-corrected chi connectivity index (χ0v) is 20.4. The molecule has 8 heteroatoms. The van der Waals surface area contributed by atoms with Gasteiger partial charge in [0.1, 0.15) is 18.0 Å². The molecule has 0 saturated heterocycles. The van der Waals surface area contributed by atoms with Gasteiger partial charge in [-0.25, -0.2) is 22.7 Å². The Hall–Kier alpha value is -2.71. The Balaban J connectivity index is 1.40. The van der Waals surface area contributed by atoms with E-state index in [9.17, 15) is 18.3 Å². The first-order valence-electron chi connectivity index (χ1n) is 11.9. The third-order valence-electron chi connectivity index (χ3n) is 8.87. The summed E-state index contributed by atoms with van der Waals surface area (Å²) in [6, 6.07) is 10.6. The molecule has 0 radical (unpaired) electrons. The van der Waals surface area contributed by atoms with Gasteiger partial charge in [-0.15, -0.1) is 6.58 Å². The minimum atomic E-state index is -3.88. The first kappa shape index (κ1) is 24.0. The number of fused-ring (bicyclic) bond motifs is 5. The van der Waals surface area contributed by atoms with Gasteiger partial charge in [-0.05, 0) is 91.5 Å². The number of aryl methyl sites for hydroxylation is 1. The molecule has 3 aliphatic carbocycles. The molecule has 0 aromatic heterocycles. The van der Waals surface area contributed by atoms with Crippen LogP contribution in [0.15, 0.2) is 60.0 Å². The zero-order valence-electron chi connectivity index (χ0n) is 19.6. The average molecular weight is 500 g/mol. The van der Waals surface area contributed by atoms with E-state index in [1.807, 2.05) is 25.1 Å². The van der Waals surface area contributed by atoms with E-state index in [-0.39, 0.29) is 33.5 Å². The lowest BCUT2D eigenvalue weighted by molar-refractivity contribution is -0.0272. The van der Waals surface area contributed by atoms with E-state index in [4.69, 9.17) is 9.88 Å². The Kier molecular flexibility index (Phi) is 5.60. The van der Waals surface area contributed by atoms with Crippen molar-refractivity contribution >= 4 is 16.0 Å². The van der Waals surface area contributed by atoms with Gasteiger partial charge in [0.25, 0.3) is 0 Å². The quantitative estimate of drug-likeness (QED) is 0.479. The number of ether oxygens (including phenoxy) is 1. The van der Waals surface area contributed by atoms with Crippen molar-refractivity contribution in [2.24, 2.45) is 22.4 Å². The number of primary sulfonamides is 1. The molecule has 5 rings (SSSR count). The van der Waals surface area contributed by atoms with E-state index < -0.39 is 33.7 Å². The highest BCUT2D eigenvalue weighted by molar-refractivity contribution is 7.89. The number of sulfonamides is 1. The highest BCUT2D eigenvalue weighted by Gasteiger charge is 2.63. The molecule has 0 spiro atoms. The highest BCUT2D eigenvalue weighted by atomic mass is 32.2. The number of nitrogens with two attached hydrogens (primary N) is 1. The number of hydrogen-bond donors (Lipinski definition) is 2. The lowest BCUT2D eigenvalue weighted by Gasteiger charge is -2.55. The fourth-order valence-electron chi connectivity index (χ4n) is 7.04. The second-order valence-corrected chi connectivity index (χ2v) is 12.1. The number of phenols is 1. The maximum absolute atomic E-state index is 15.9. The van der Waals surface area contributed by atoms with Crippen molar-refractivity contribution in [3.05, 3.63) is 71.8 Å². The zero-order chi connectivity index (χ0) is 25.2. The van der Waals surface area contributed by atoms with Crippen molar-refractivity contribution in [1.29, 1.82) is 0 Å². The lowest BCUT2D eigenvalue weighted by atomic mass is 9.48. The van der Waals surface area contributed by atoms with Gasteiger partial charge in [-0.3, -0.25) is 0 Å². The molecule has 6 nitrogen and oxygen atoms in total. The molecule has 6 atom stereocenters. The molecule has 2 saturated carbocycles. The standard InChI is InChI=1S/C27H30FNO5S/c1-3-27-13-12-26(2)22(21(27)10-6-17-14-18(30)7-11-20(17)27)15-23(24(26)28)34-25(31)16-4-8-19(9-5-16)35(29,32)33/h3-5,7-9,11,14,21-24,30H,1,6,10,12-13,15H2,2H3,(H2,29,32,33)/t21?,22?,23-,24+,26+,27-/m1/s1. The van der Waals surface area contributed by atoms with Crippen molar-refractivity contribution < 1.29 is 27.4 Å². The molecule has 35 heavy (non-hydrogen) atoms. The number of aromatic hydroxyl groups is 1. The summed E-state index contributed by atoms with van der Waals surface area (Å²) in [7, 11) is -3.88. The molecular weight excluding hydrogens is 469 g/mol. The molecular formula is C27H30FNO5S. The number of alkyl halides is 1. The lowest BCUT2D eigenvalue weighted by Crippen LogP contribution is -2.51. The van der Waals surface area contributed by atoms with Gasteiger partial charge in [-0.2, -0.15) is 0 Å². The van der Waals surface area contributed by atoms with E-state index in [2.05, 4.69) is 6.58 Å². The van der Waals surface area contributed by atoms with Crippen molar-refractivity contribution in [1.82, 2.24) is 0 Å². The number of benzene rings is 2. The first-order valence-corrected chi connectivity index (χ1v) is 13.5. The van der Waals surface area contributed by atoms with Crippen LogP contribution in [0.3, 0.4) is 0 Å². The van der Waals surface area contributed by atoms with Gasteiger partial charge >= 0.3 is 5.97 Å². The second kappa shape index (κ2) is 8.17. The van der Waals surface area contributed by atoms with Gasteiger partial charge in [0.05, 0.1) is 10.5 Å². The first-order chi connectivity index (χ1) is 16.5. The Bertz CT molecular complexity index is 1290. The van der Waals surface area contributed by atoms with Crippen LogP contribution in [0.4, 0.5) is 4.39 Å². The minimum absolute atomic E-state index is 0.00811. The number of esters is 1. The van der Waals surface area contributed by atoms with Crippen LogP contribution in [0.1, 0.15) is 54.1 Å². The molecule has 0 heterocycles. The summed E-state index contributed by atoms with van der Waals surface area (Å²) >= 11 is 0. The monoisotopic (exact) mass is 499 g/mol. The minimum Gasteiger partial charge on any atom is -0.508 e.